The van der Waals surface area contributed by atoms with Crippen molar-refractivity contribution in [2.45, 2.75) is 45.8 Å². The highest BCUT2D eigenvalue weighted by molar-refractivity contribution is 6.05. The third-order valence-electron chi connectivity index (χ3n) is 4.46. The number of nitrogens with one attached hydrogen (secondary N) is 1. The molecule has 1 heterocycles. The van der Waals surface area contributed by atoms with Crippen LogP contribution in [0.5, 0.6) is 0 Å². The van der Waals surface area contributed by atoms with Crippen LogP contribution in [0.4, 0.5) is 24.5 Å². The van der Waals surface area contributed by atoms with Gasteiger partial charge < -0.3 is 10.4 Å². The molecule has 0 saturated heterocycles. The fourth-order valence-electron chi connectivity index (χ4n) is 3.44. The van der Waals surface area contributed by atoms with Crippen molar-refractivity contribution in [1.82, 2.24) is 4.90 Å². The number of hydrogen-bond donors (Lipinski definition) is 2. The van der Waals surface area contributed by atoms with E-state index in [2.05, 4.69) is 5.32 Å². The number of aliphatic hydroxyl groups is 1. The van der Waals surface area contributed by atoms with Gasteiger partial charge in [-0.2, -0.15) is 13.2 Å². The Hall–Kier alpha value is -2.13. The van der Waals surface area contributed by atoms with Crippen LogP contribution in [0.25, 0.3) is 0 Å². The summed E-state index contributed by atoms with van der Waals surface area (Å²) in [6.07, 6.45) is -5.22. The molecule has 29 heavy (non-hydrogen) atoms. The molecule has 2 rings (SSSR count). The number of fused-ring (bicyclic) bond motifs is 1. The first kappa shape index (κ1) is 23.2. The molecule has 2 amide bonds. The lowest BCUT2D eigenvalue weighted by molar-refractivity contribution is -0.158. The molecule has 0 aromatic heterocycles. The van der Waals surface area contributed by atoms with Gasteiger partial charge in [-0.05, 0) is 24.0 Å². The van der Waals surface area contributed by atoms with Gasteiger partial charge in [-0.1, -0.05) is 32.9 Å². The summed E-state index contributed by atoms with van der Waals surface area (Å²) in [5.41, 5.74) is 0.0202. The standard InChI is InChI=1S/C20H28F3N3O3/c1-19(2,3)13-25(9-6-10-27)12-18(29)26-15-8-5-4-7-14(15)24-17(28)11-16(26)20(21,22)23/h4-5,7-8,16,27H,6,9-13H2,1-3H3,(H,24,28). The molecule has 0 fully saturated rings. The fraction of sp³-hybridized carbons (Fsp3) is 0.600. The van der Waals surface area contributed by atoms with E-state index >= 15 is 0 Å². The second kappa shape index (κ2) is 9.13. The lowest BCUT2D eigenvalue weighted by Gasteiger charge is -2.35. The second-order valence-electron chi connectivity index (χ2n) is 8.44. The summed E-state index contributed by atoms with van der Waals surface area (Å²) in [5.74, 6) is -1.53. The SMILES string of the molecule is CC(C)(C)CN(CCCO)CC(=O)N1c2ccccc2NC(=O)CC1C(F)(F)F. The van der Waals surface area contributed by atoms with Crippen LogP contribution in [0.3, 0.4) is 0 Å². The van der Waals surface area contributed by atoms with E-state index in [1.807, 2.05) is 20.8 Å². The maximum atomic E-state index is 13.8. The first-order valence-corrected chi connectivity index (χ1v) is 9.53. The predicted octanol–water partition coefficient (Wildman–Crippen LogP) is 3.02. The summed E-state index contributed by atoms with van der Waals surface area (Å²) in [6.45, 7) is 6.42. The Morgan fingerprint density at radius 1 is 1.28 bits per heavy atom. The Balaban J connectivity index is 2.39. The zero-order valence-electron chi connectivity index (χ0n) is 16.9. The van der Waals surface area contributed by atoms with E-state index in [4.69, 9.17) is 5.11 Å². The van der Waals surface area contributed by atoms with Gasteiger partial charge in [0, 0.05) is 19.7 Å². The molecule has 0 aliphatic carbocycles. The van der Waals surface area contributed by atoms with Crippen LogP contribution in [0.15, 0.2) is 24.3 Å². The van der Waals surface area contributed by atoms with Gasteiger partial charge in [0.25, 0.3) is 0 Å². The molecule has 2 N–H and O–H groups in total. The number of alkyl halides is 3. The van der Waals surface area contributed by atoms with Crippen molar-refractivity contribution in [1.29, 1.82) is 0 Å². The van der Waals surface area contributed by atoms with Crippen LogP contribution >= 0.6 is 0 Å². The number of aliphatic hydroxyl groups excluding tert-OH is 1. The van der Waals surface area contributed by atoms with Gasteiger partial charge in [0.2, 0.25) is 11.8 Å². The van der Waals surface area contributed by atoms with Gasteiger partial charge in [0.05, 0.1) is 24.3 Å². The van der Waals surface area contributed by atoms with Crippen LogP contribution in [-0.2, 0) is 9.59 Å². The number of nitrogens with zero attached hydrogens (tertiary/aromatic N) is 2. The molecule has 0 bridgehead atoms. The van der Waals surface area contributed by atoms with Crippen molar-refractivity contribution in [2.75, 3.05) is 36.5 Å². The van der Waals surface area contributed by atoms with Crippen LogP contribution in [0.2, 0.25) is 0 Å². The number of carbonyl (C=O) groups is 2. The fourth-order valence-corrected chi connectivity index (χ4v) is 3.44. The average Bonchev–Trinajstić information content (AvgIpc) is 2.73. The summed E-state index contributed by atoms with van der Waals surface area (Å²) in [4.78, 5) is 27.6. The van der Waals surface area contributed by atoms with Crippen molar-refractivity contribution in [2.24, 2.45) is 5.41 Å². The molecule has 1 aliphatic rings. The van der Waals surface area contributed by atoms with Gasteiger partial charge in [0.15, 0.2) is 0 Å². The van der Waals surface area contributed by atoms with Gasteiger partial charge in [-0.25, -0.2) is 0 Å². The number of carbonyl (C=O) groups excluding carboxylic acids is 2. The molecule has 0 radical (unpaired) electrons. The lowest BCUT2D eigenvalue weighted by atomic mass is 9.96. The lowest BCUT2D eigenvalue weighted by Crippen LogP contribution is -2.53. The minimum atomic E-state index is -4.76. The van der Waals surface area contributed by atoms with Gasteiger partial charge in [-0.3, -0.25) is 19.4 Å². The molecule has 1 aromatic rings. The largest absolute Gasteiger partial charge is 0.409 e. The first-order valence-electron chi connectivity index (χ1n) is 9.53. The maximum absolute atomic E-state index is 13.8. The van der Waals surface area contributed by atoms with Crippen molar-refractivity contribution in [3.63, 3.8) is 0 Å². The molecule has 6 nitrogen and oxygen atoms in total. The monoisotopic (exact) mass is 415 g/mol. The molecule has 1 atom stereocenters. The number of hydrogen-bond acceptors (Lipinski definition) is 4. The highest BCUT2D eigenvalue weighted by atomic mass is 19.4. The topological polar surface area (TPSA) is 72.9 Å². The van der Waals surface area contributed by atoms with Crippen molar-refractivity contribution < 1.29 is 27.9 Å². The maximum Gasteiger partial charge on any atom is 0.409 e. The third-order valence-corrected chi connectivity index (χ3v) is 4.46. The van der Waals surface area contributed by atoms with Crippen LogP contribution in [0.1, 0.15) is 33.6 Å². The molecule has 9 heteroatoms. The third kappa shape index (κ3) is 6.43. The summed E-state index contributed by atoms with van der Waals surface area (Å²) < 4.78 is 41.4. The van der Waals surface area contributed by atoms with Crippen LogP contribution in [-0.4, -0.2) is 60.3 Å². The normalized spacial score (nSPS) is 17.7. The summed E-state index contributed by atoms with van der Waals surface area (Å²) in [7, 11) is 0. The Morgan fingerprint density at radius 3 is 2.52 bits per heavy atom. The number of anilines is 2. The second-order valence-corrected chi connectivity index (χ2v) is 8.44. The minimum Gasteiger partial charge on any atom is -0.396 e. The van der Waals surface area contributed by atoms with E-state index in [1.165, 1.54) is 18.2 Å². The van der Waals surface area contributed by atoms with Gasteiger partial charge >= 0.3 is 6.18 Å². The minimum absolute atomic E-state index is 0.0311. The molecular formula is C20H28F3N3O3. The smallest absolute Gasteiger partial charge is 0.396 e. The van der Waals surface area contributed by atoms with E-state index in [1.54, 1.807) is 11.0 Å². The van der Waals surface area contributed by atoms with Gasteiger partial charge in [-0.15, -0.1) is 0 Å². The number of para-hydroxylation sites is 2. The number of halogens is 3. The molecule has 0 spiro atoms. The zero-order valence-corrected chi connectivity index (χ0v) is 16.9. The summed E-state index contributed by atoms with van der Waals surface area (Å²) in [5, 5.41) is 11.6. The molecular weight excluding hydrogens is 387 g/mol. The van der Waals surface area contributed by atoms with E-state index in [9.17, 15) is 22.8 Å². The highest BCUT2D eigenvalue weighted by Gasteiger charge is 2.49. The Morgan fingerprint density at radius 2 is 1.93 bits per heavy atom. The molecule has 1 aliphatic heterocycles. The van der Waals surface area contributed by atoms with Crippen molar-refractivity contribution in [3.05, 3.63) is 24.3 Å². The average molecular weight is 415 g/mol. The molecule has 0 saturated carbocycles. The number of rotatable bonds is 6. The molecule has 1 aromatic carbocycles. The Bertz CT molecular complexity index is 732. The summed E-state index contributed by atoms with van der Waals surface area (Å²) in [6, 6.07) is 3.75. The predicted molar refractivity (Wildman–Crippen MR) is 105 cm³/mol. The number of amides is 2. The zero-order chi connectivity index (χ0) is 21.8. The molecule has 1 unspecified atom stereocenters. The highest BCUT2D eigenvalue weighted by Crippen LogP contribution is 2.37. The van der Waals surface area contributed by atoms with E-state index < -0.39 is 30.5 Å². The van der Waals surface area contributed by atoms with Crippen molar-refractivity contribution in [3.8, 4) is 0 Å². The van der Waals surface area contributed by atoms with Crippen LogP contribution < -0.4 is 10.2 Å². The van der Waals surface area contributed by atoms with E-state index in [-0.39, 0.29) is 29.9 Å². The molecule has 162 valence electrons. The number of benzene rings is 1. The van der Waals surface area contributed by atoms with Gasteiger partial charge in [0.1, 0.15) is 6.04 Å². The first-order chi connectivity index (χ1) is 13.4. The summed E-state index contributed by atoms with van der Waals surface area (Å²) >= 11 is 0. The van der Waals surface area contributed by atoms with Crippen molar-refractivity contribution >= 4 is 23.2 Å². The quantitative estimate of drug-likeness (QED) is 0.749. The Labute approximate surface area is 168 Å². The van der Waals surface area contributed by atoms with E-state index in [0.717, 1.165) is 0 Å². The van der Waals surface area contributed by atoms with E-state index in [0.29, 0.717) is 24.4 Å². The Kier molecular flexibility index (Phi) is 7.29. The van der Waals surface area contributed by atoms with Crippen LogP contribution in [0, 0.1) is 5.41 Å².